The monoisotopic (exact) mass is 133 g/mol. The second kappa shape index (κ2) is 3.00. The summed E-state index contributed by atoms with van der Waals surface area (Å²) in [6, 6.07) is 3.49. The molecule has 2 heteroatoms. The molecule has 0 aliphatic heterocycles. The van der Waals surface area contributed by atoms with Crippen LogP contribution in [0, 0.1) is 12.3 Å². The average Bonchev–Trinajstić information content (AvgIpc) is 2.04. The van der Waals surface area contributed by atoms with Crippen molar-refractivity contribution >= 4 is 0 Å². The second-order valence-electron chi connectivity index (χ2n) is 1.81. The minimum Gasteiger partial charge on any atom is -0.392 e. The molecule has 0 aliphatic rings. The maximum absolute atomic E-state index is 8.71. The zero-order chi connectivity index (χ0) is 7.40. The van der Waals surface area contributed by atoms with E-state index < -0.39 is 0 Å². The molecule has 0 amide bonds. The Kier molecular flexibility index (Phi) is 2.03. The van der Waals surface area contributed by atoms with Crippen molar-refractivity contribution in [3.63, 3.8) is 0 Å². The fourth-order valence-electron chi connectivity index (χ4n) is 0.696. The first kappa shape index (κ1) is 6.79. The summed E-state index contributed by atoms with van der Waals surface area (Å²) < 4.78 is 0. The molecule has 10 heavy (non-hydrogen) atoms. The predicted molar refractivity (Wildman–Crippen MR) is 38.1 cm³/mol. The van der Waals surface area contributed by atoms with Gasteiger partial charge in [-0.05, 0) is 12.0 Å². The van der Waals surface area contributed by atoms with E-state index >= 15 is 0 Å². The van der Waals surface area contributed by atoms with E-state index in [1.165, 1.54) is 0 Å². The third kappa shape index (κ3) is 1.15. The molecule has 1 heterocycles. The molecule has 50 valence electrons. The molecule has 0 atom stereocenters. The van der Waals surface area contributed by atoms with Crippen molar-refractivity contribution in [1.29, 1.82) is 0 Å². The van der Waals surface area contributed by atoms with Gasteiger partial charge in [-0.25, -0.2) is 4.98 Å². The summed E-state index contributed by atoms with van der Waals surface area (Å²) in [7, 11) is 0. The quantitative estimate of drug-likeness (QED) is 0.568. The van der Waals surface area contributed by atoms with Crippen molar-refractivity contribution in [1.82, 2.24) is 4.98 Å². The van der Waals surface area contributed by atoms with E-state index in [0.717, 1.165) is 0 Å². The first-order valence-electron chi connectivity index (χ1n) is 2.90. The third-order valence-electron chi connectivity index (χ3n) is 1.20. The smallest absolute Gasteiger partial charge is 0.118 e. The van der Waals surface area contributed by atoms with Crippen LogP contribution in [-0.2, 0) is 6.61 Å². The van der Waals surface area contributed by atoms with Gasteiger partial charge in [0.15, 0.2) is 0 Å². The SMILES string of the molecule is C#Cc1ncccc1CO. The van der Waals surface area contributed by atoms with Crippen molar-refractivity contribution in [2.24, 2.45) is 0 Å². The summed E-state index contributed by atoms with van der Waals surface area (Å²) in [6.45, 7) is -0.0482. The molecular formula is C8H7NO. The van der Waals surface area contributed by atoms with Crippen LogP contribution in [0.25, 0.3) is 0 Å². The summed E-state index contributed by atoms with van der Waals surface area (Å²) in [4.78, 5) is 3.87. The Morgan fingerprint density at radius 2 is 2.50 bits per heavy atom. The van der Waals surface area contributed by atoms with Crippen LogP contribution in [0.2, 0.25) is 0 Å². The molecule has 0 spiro atoms. The maximum Gasteiger partial charge on any atom is 0.118 e. The van der Waals surface area contributed by atoms with Crippen LogP contribution in [-0.4, -0.2) is 10.1 Å². The van der Waals surface area contributed by atoms with Gasteiger partial charge in [0.05, 0.1) is 6.61 Å². The van der Waals surface area contributed by atoms with Gasteiger partial charge >= 0.3 is 0 Å². The molecule has 0 saturated heterocycles. The fourth-order valence-corrected chi connectivity index (χ4v) is 0.696. The molecule has 0 aliphatic carbocycles. The molecule has 0 unspecified atom stereocenters. The van der Waals surface area contributed by atoms with Crippen LogP contribution in [0.5, 0.6) is 0 Å². The third-order valence-corrected chi connectivity index (χ3v) is 1.20. The van der Waals surface area contributed by atoms with Crippen LogP contribution in [0.3, 0.4) is 0 Å². The molecule has 0 fully saturated rings. The Morgan fingerprint density at radius 3 is 3.00 bits per heavy atom. The number of aliphatic hydroxyl groups excluding tert-OH is 1. The molecule has 1 rings (SSSR count). The molecule has 0 bridgehead atoms. The number of hydrogen-bond donors (Lipinski definition) is 1. The number of aromatic nitrogens is 1. The van der Waals surface area contributed by atoms with Crippen molar-refractivity contribution in [3.8, 4) is 12.3 Å². The highest BCUT2D eigenvalue weighted by Crippen LogP contribution is 2.01. The van der Waals surface area contributed by atoms with Crippen molar-refractivity contribution in [2.75, 3.05) is 0 Å². The Hall–Kier alpha value is -1.33. The molecule has 0 aromatic carbocycles. The van der Waals surface area contributed by atoms with E-state index in [1.54, 1.807) is 18.3 Å². The van der Waals surface area contributed by atoms with Crippen molar-refractivity contribution in [2.45, 2.75) is 6.61 Å². The zero-order valence-electron chi connectivity index (χ0n) is 5.41. The molecule has 1 aromatic heterocycles. The average molecular weight is 133 g/mol. The Labute approximate surface area is 59.5 Å². The van der Waals surface area contributed by atoms with Gasteiger partial charge < -0.3 is 5.11 Å². The van der Waals surface area contributed by atoms with Gasteiger partial charge in [-0.2, -0.15) is 0 Å². The van der Waals surface area contributed by atoms with Gasteiger partial charge in [-0.15, -0.1) is 6.42 Å². The molecule has 1 aromatic rings. The van der Waals surface area contributed by atoms with Crippen molar-refractivity contribution < 1.29 is 5.11 Å². The summed E-state index contributed by atoms with van der Waals surface area (Å²) >= 11 is 0. The lowest BCUT2D eigenvalue weighted by atomic mass is 10.2. The molecular weight excluding hydrogens is 126 g/mol. The predicted octanol–water partition coefficient (Wildman–Crippen LogP) is 0.555. The van der Waals surface area contributed by atoms with E-state index in [9.17, 15) is 0 Å². The number of terminal acetylenes is 1. The van der Waals surface area contributed by atoms with E-state index in [1.807, 2.05) is 0 Å². The zero-order valence-corrected chi connectivity index (χ0v) is 5.41. The summed E-state index contributed by atoms with van der Waals surface area (Å²) in [5.74, 6) is 2.38. The molecule has 2 nitrogen and oxygen atoms in total. The van der Waals surface area contributed by atoms with Gasteiger partial charge in [0.1, 0.15) is 5.69 Å². The van der Waals surface area contributed by atoms with Crippen LogP contribution < -0.4 is 0 Å². The standard InChI is InChI=1S/C8H7NO/c1-2-8-7(6-10)4-3-5-9-8/h1,3-5,10H,6H2. The van der Waals surface area contributed by atoms with Crippen LogP contribution >= 0.6 is 0 Å². The van der Waals surface area contributed by atoms with Gasteiger partial charge in [0, 0.05) is 11.8 Å². The number of pyridine rings is 1. The maximum atomic E-state index is 8.71. The number of nitrogens with zero attached hydrogens (tertiary/aromatic N) is 1. The minimum atomic E-state index is -0.0482. The summed E-state index contributed by atoms with van der Waals surface area (Å²) in [5, 5.41) is 8.71. The Morgan fingerprint density at radius 1 is 1.70 bits per heavy atom. The topological polar surface area (TPSA) is 33.1 Å². The largest absolute Gasteiger partial charge is 0.392 e. The van der Waals surface area contributed by atoms with Gasteiger partial charge in [0.2, 0.25) is 0 Å². The number of rotatable bonds is 1. The highest BCUT2D eigenvalue weighted by molar-refractivity contribution is 5.32. The van der Waals surface area contributed by atoms with E-state index in [2.05, 4.69) is 10.9 Å². The van der Waals surface area contributed by atoms with E-state index in [4.69, 9.17) is 11.5 Å². The van der Waals surface area contributed by atoms with E-state index in [0.29, 0.717) is 11.3 Å². The number of hydrogen-bond acceptors (Lipinski definition) is 2. The molecule has 1 N–H and O–H groups in total. The molecule has 0 radical (unpaired) electrons. The van der Waals surface area contributed by atoms with Gasteiger partial charge in [-0.1, -0.05) is 6.07 Å². The first-order chi connectivity index (χ1) is 4.88. The second-order valence-corrected chi connectivity index (χ2v) is 1.81. The Bertz CT molecular complexity index is 262. The van der Waals surface area contributed by atoms with Gasteiger partial charge in [-0.3, -0.25) is 0 Å². The lowest BCUT2D eigenvalue weighted by Gasteiger charge is -1.96. The lowest BCUT2D eigenvalue weighted by Crippen LogP contribution is -1.91. The highest BCUT2D eigenvalue weighted by Gasteiger charge is 1.95. The number of aliphatic hydroxyl groups is 1. The van der Waals surface area contributed by atoms with Crippen molar-refractivity contribution in [3.05, 3.63) is 29.6 Å². The highest BCUT2D eigenvalue weighted by atomic mass is 16.3. The summed E-state index contributed by atoms with van der Waals surface area (Å²) in [5.41, 5.74) is 1.22. The normalized spacial score (nSPS) is 8.80. The van der Waals surface area contributed by atoms with Gasteiger partial charge in [0.25, 0.3) is 0 Å². The minimum absolute atomic E-state index is 0.0482. The van der Waals surface area contributed by atoms with Crippen LogP contribution in [0.15, 0.2) is 18.3 Å². The lowest BCUT2D eigenvalue weighted by molar-refractivity contribution is 0.281. The van der Waals surface area contributed by atoms with Crippen LogP contribution in [0.1, 0.15) is 11.3 Å². The fraction of sp³-hybridized carbons (Fsp3) is 0.125. The molecule has 0 saturated carbocycles. The Balaban J connectivity index is 3.12. The van der Waals surface area contributed by atoms with E-state index in [-0.39, 0.29) is 6.61 Å². The first-order valence-corrected chi connectivity index (χ1v) is 2.90. The summed E-state index contributed by atoms with van der Waals surface area (Å²) in [6.07, 6.45) is 6.71. The van der Waals surface area contributed by atoms with Crippen LogP contribution in [0.4, 0.5) is 0 Å².